The third-order valence-corrected chi connectivity index (χ3v) is 5.34. The molecule has 2 aliphatic carbocycles. The molecule has 3 rings (SSSR count). The molecule has 0 aromatic heterocycles. The molecule has 0 bridgehead atoms. The van der Waals surface area contributed by atoms with Gasteiger partial charge in [-0.25, -0.2) is 0 Å². The van der Waals surface area contributed by atoms with Crippen molar-refractivity contribution in [1.82, 2.24) is 0 Å². The average molecular weight is 244 g/mol. The minimum absolute atomic E-state index is 0.352. The fraction of sp³-hybridized carbons (Fsp3) is 0.647. The number of benzene rings is 1. The van der Waals surface area contributed by atoms with Gasteiger partial charge in [0.1, 0.15) is 5.75 Å². The minimum atomic E-state index is 0.352. The third-order valence-electron chi connectivity index (χ3n) is 5.34. The second kappa shape index (κ2) is 4.01. The van der Waals surface area contributed by atoms with Gasteiger partial charge in [-0.2, -0.15) is 0 Å². The Morgan fingerprint density at radius 3 is 2.50 bits per heavy atom. The largest absolute Gasteiger partial charge is 0.496 e. The van der Waals surface area contributed by atoms with Crippen molar-refractivity contribution in [3.8, 4) is 5.75 Å². The smallest absolute Gasteiger partial charge is 0.126 e. The zero-order valence-electron chi connectivity index (χ0n) is 12.0. The molecule has 0 saturated heterocycles. The molecule has 3 unspecified atom stereocenters. The number of para-hydroxylation sites is 1. The van der Waals surface area contributed by atoms with E-state index >= 15 is 0 Å². The molecule has 1 nitrogen and oxygen atoms in total. The fourth-order valence-corrected chi connectivity index (χ4v) is 3.39. The van der Waals surface area contributed by atoms with E-state index in [1.165, 1.54) is 36.1 Å². The van der Waals surface area contributed by atoms with Crippen LogP contribution >= 0.6 is 0 Å². The van der Waals surface area contributed by atoms with Gasteiger partial charge in [-0.15, -0.1) is 0 Å². The molecule has 1 aromatic rings. The van der Waals surface area contributed by atoms with Gasteiger partial charge >= 0.3 is 0 Å². The molecule has 0 N–H and O–H groups in total. The maximum absolute atomic E-state index is 5.79. The van der Waals surface area contributed by atoms with Crippen molar-refractivity contribution in [3.63, 3.8) is 0 Å². The summed E-state index contributed by atoms with van der Waals surface area (Å²) in [6.45, 7) is 7.08. The molecule has 2 saturated carbocycles. The molecular weight excluding hydrogens is 220 g/mol. The number of methoxy groups -OCH3 is 1. The van der Waals surface area contributed by atoms with Crippen molar-refractivity contribution in [3.05, 3.63) is 29.3 Å². The van der Waals surface area contributed by atoms with Crippen LogP contribution in [-0.2, 0) is 5.41 Å². The first-order chi connectivity index (χ1) is 8.58. The summed E-state index contributed by atoms with van der Waals surface area (Å²) in [5, 5.41) is 0. The molecule has 1 heteroatoms. The highest BCUT2D eigenvalue weighted by molar-refractivity contribution is 5.50. The molecule has 0 heterocycles. The van der Waals surface area contributed by atoms with Crippen LogP contribution < -0.4 is 4.74 Å². The maximum Gasteiger partial charge on any atom is 0.126 e. The van der Waals surface area contributed by atoms with E-state index in [1.807, 2.05) is 7.11 Å². The van der Waals surface area contributed by atoms with E-state index < -0.39 is 0 Å². The van der Waals surface area contributed by atoms with Gasteiger partial charge in [0.15, 0.2) is 0 Å². The van der Waals surface area contributed by atoms with Gasteiger partial charge in [-0.3, -0.25) is 0 Å². The first-order valence-corrected chi connectivity index (χ1v) is 7.25. The lowest BCUT2D eigenvalue weighted by atomic mass is 9.88. The SMILES string of the molecule is COc1c(C(C)C2CC2)cccc1C1(C)CC1C. The van der Waals surface area contributed by atoms with Crippen molar-refractivity contribution >= 4 is 0 Å². The molecule has 0 radical (unpaired) electrons. The standard InChI is InChI=1S/C17H24O/c1-11-10-17(11,3)15-7-5-6-14(16(15)18-4)12(2)13-8-9-13/h5-7,11-13H,8-10H2,1-4H3. The Hall–Kier alpha value is -0.980. The van der Waals surface area contributed by atoms with Gasteiger partial charge in [0.2, 0.25) is 0 Å². The molecule has 98 valence electrons. The van der Waals surface area contributed by atoms with Crippen LogP contribution in [0.1, 0.15) is 57.1 Å². The number of ether oxygens (including phenoxy) is 1. The van der Waals surface area contributed by atoms with Gasteiger partial charge in [0.25, 0.3) is 0 Å². The van der Waals surface area contributed by atoms with Gasteiger partial charge in [-0.1, -0.05) is 39.0 Å². The zero-order valence-corrected chi connectivity index (χ0v) is 12.0. The molecule has 0 amide bonds. The van der Waals surface area contributed by atoms with E-state index in [2.05, 4.69) is 39.0 Å². The highest BCUT2D eigenvalue weighted by Gasteiger charge is 2.50. The van der Waals surface area contributed by atoms with Crippen LogP contribution in [-0.4, -0.2) is 7.11 Å². The molecule has 0 spiro atoms. The Kier molecular flexibility index (Phi) is 2.69. The predicted octanol–water partition coefficient (Wildman–Crippen LogP) is 4.51. The summed E-state index contributed by atoms with van der Waals surface area (Å²) in [6, 6.07) is 6.76. The average Bonchev–Trinajstić information content (AvgIpc) is 3.27. The predicted molar refractivity (Wildman–Crippen MR) is 75.3 cm³/mol. The van der Waals surface area contributed by atoms with Gasteiger partial charge in [0.05, 0.1) is 7.11 Å². The molecule has 1 aromatic carbocycles. The van der Waals surface area contributed by atoms with Gasteiger partial charge < -0.3 is 4.74 Å². The summed E-state index contributed by atoms with van der Waals surface area (Å²) in [5.74, 6) is 3.50. The van der Waals surface area contributed by atoms with Crippen molar-refractivity contribution in [2.24, 2.45) is 11.8 Å². The lowest BCUT2D eigenvalue weighted by Gasteiger charge is -2.21. The molecule has 18 heavy (non-hydrogen) atoms. The highest BCUT2D eigenvalue weighted by Crippen LogP contribution is 2.57. The minimum Gasteiger partial charge on any atom is -0.496 e. The Labute approximate surface area is 111 Å². The van der Waals surface area contributed by atoms with E-state index in [1.54, 1.807) is 0 Å². The molecule has 2 aliphatic rings. The van der Waals surface area contributed by atoms with Crippen molar-refractivity contribution in [2.75, 3.05) is 7.11 Å². The van der Waals surface area contributed by atoms with Gasteiger partial charge in [0, 0.05) is 5.56 Å². The van der Waals surface area contributed by atoms with E-state index in [4.69, 9.17) is 4.74 Å². The van der Waals surface area contributed by atoms with E-state index in [9.17, 15) is 0 Å². The quantitative estimate of drug-likeness (QED) is 0.757. The third kappa shape index (κ3) is 1.75. The Balaban J connectivity index is 2.02. The normalized spacial score (nSPS) is 32.1. The van der Waals surface area contributed by atoms with Crippen molar-refractivity contribution in [1.29, 1.82) is 0 Å². The topological polar surface area (TPSA) is 9.23 Å². The van der Waals surface area contributed by atoms with Crippen LogP contribution in [0.15, 0.2) is 18.2 Å². The summed E-state index contributed by atoms with van der Waals surface area (Å²) in [6.07, 6.45) is 4.08. The maximum atomic E-state index is 5.79. The van der Waals surface area contributed by atoms with E-state index in [0.717, 1.165) is 11.8 Å². The lowest BCUT2D eigenvalue weighted by Crippen LogP contribution is -2.09. The zero-order chi connectivity index (χ0) is 12.9. The summed E-state index contributed by atoms with van der Waals surface area (Å²) in [7, 11) is 1.83. The van der Waals surface area contributed by atoms with Crippen LogP contribution in [0.3, 0.4) is 0 Å². The van der Waals surface area contributed by atoms with Crippen molar-refractivity contribution in [2.45, 2.75) is 51.4 Å². The van der Waals surface area contributed by atoms with Crippen LogP contribution in [0, 0.1) is 11.8 Å². The Morgan fingerprint density at radius 2 is 2.00 bits per heavy atom. The van der Waals surface area contributed by atoms with Crippen LogP contribution in [0.25, 0.3) is 0 Å². The summed E-state index contributed by atoms with van der Waals surface area (Å²) >= 11 is 0. The summed E-state index contributed by atoms with van der Waals surface area (Å²) in [5.41, 5.74) is 3.21. The van der Waals surface area contributed by atoms with E-state index in [0.29, 0.717) is 11.3 Å². The van der Waals surface area contributed by atoms with Gasteiger partial charge in [-0.05, 0) is 48.0 Å². The molecule has 2 fully saturated rings. The first kappa shape index (κ1) is 12.1. The summed E-state index contributed by atoms with van der Waals surface area (Å²) < 4.78 is 5.79. The number of rotatable bonds is 4. The monoisotopic (exact) mass is 244 g/mol. The highest BCUT2D eigenvalue weighted by atomic mass is 16.5. The Morgan fingerprint density at radius 1 is 1.33 bits per heavy atom. The van der Waals surface area contributed by atoms with E-state index in [-0.39, 0.29) is 0 Å². The molecule has 3 atom stereocenters. The number of hydrogen-bond donors (Lipinski definition) is 0. The van der Waals surface area contributed by atoms with Crippen LogP contribution in [0.5, 0.6) is 5.75 Å². The fourth-order valence-electron chi connectivity index (χ4n) is 3.39. The Bertz CT molecular complexity index is 461. The second-order valence-corrected chi connectivity index (χ2v) is 6.58. The van der Waals surface area contributed by atoms with Crippen molar-refractivity contribution < 1.29 is 4.74 Å². The van der Waals surface area contributed by atoms with Crippen LogP contribution in [0.2, 0.25) is 0 Å². The molecule has 0 aliphatic heterocycles. The lowest BCUT2D eigenvalue weighted by molar-refractivity contribution is 0.393. The van der Waals surface area contributed by atoms with Crippen LogP contribution in [0.4, 0.5) is 0 Å². The molecular formula is C17H24O. The second-order valence-electron chi connectivity index (χ2n) is 6.58. The number of hydrogen-bond acceptors (Lipinski definition) is 1. The summed E-state index contributed by atoms with van der Waals surface area (Å²) in [4.78, 5) is 0. The first-order valence-electron chi connectivity index (χ1n) is 7.25.